The molecule has 1 aromatic carbocycles. The number of amides is 2. The van der Waals surface area contributed by atoms with Crippen LogP contribution in [-0.4, -0.2) is 51.5 Å². The van der Waals surface area contributed by atoms with Gasteiger partial charge in [-0.05, 0) is 43.0 Å². The quantitative estimate of drug-likeness (QED) is 0.756. The van der Waals surface area contributed by atoms with Crippen LogP contribution in [0.5, 0.6) is 0 Å². The molecule has 162 valence electrons. The first-order chi connectivity index (χ1) is 14.2. The van der Waals surface area contributed by atoms with Crippen molar-refractivity contribution in [1.29, 1.82) is 0 Å². The van der Waals surface area contributed by atoms with Gasteiger partial charge >= 0.3 is 5.97 Å². The van der Waals surface area contributed by atoms with Crippen molar-refractivity contribution >= 4 is 28.7 Å². The lowest BCUT2D eigenvalue weighted by atomic mass is 9.93. The molecule has 7 nitrogen and oxygen atoms in total. The molecular weight excluding hydrogens is 389 g/mol. The van der Waals surface area contributed by atoms with Gasteiger partial charge in [-0.3, -0.25) is 14.4 Å². The number of aromatic nitrogens is 1. The van der Waals surface area contributed by atoms with Gasteiger partial charge < -0.3 is 19.9 Å². The van der Waals surface area contributed by atoms with Crippen molar-refractivity contribution in [3.8, 4) is 0 Å². The summed E-state index contributed by atoms with van der Waals surface area (Å²) < 4.78 is 15.2. The molecular formula is C22H28FN3O4. The Bertz CT molecular complexity index is 963. The summed E-state index contributed by atoms with van der Waals surface area (Å²) in [6.45, 7) is 4.59. The van der Waals surface area contributed by atoms with Crippen molar-refractivity contribution in [2.45, 2.75) is 39.2 Å². The number of aryl methyl sites for hydroxylation is 1. The van der Waals surface area contributed by atoms with Crippen molar-refractivity contribution in [2.24, 2.45) is 18.9 Å². The lowest BCUT2D eigenvalue weighted by Gasteiger charge is -2.34. The summed E-state index contributed by atoms with van der Waals surface area (Å²) in [6, 6.07) is 5.24. The molecule has 0 spiro atoms. The van der Waals surface area contributed by atoms with Crippen molar-refractivity contribution in [2.75, 3.05) is 13.1 Å². The zero-order chi connectivity index (χ0) is 22.0. The van der Waals surface area contributed by atoms with Crippen LogP contribution in [0.15, 0.2) is 24.3 Å². The Kier molecular flexibility index (Phi) is 6.43. The first-order valence-electron chi connectivity index (χ1n) is 10.3. The van der Waals surface area contributed by atoms with Crippen molar-refractivity contribution in [1.82, 2.24) is 14.8 Å². The van der Waals surface area contributed by atoms with Gasteiger partial charge in [0.05, 0.1) is 5.92 Å². The maximum Gasteiger partial charge on any atom is 0.306 e. The summed E-state index contributed by atoms with van der Waals surface area (Å²) in [5.74, 6) is -2.31. The minimum Gasteiger partial charge on any atom is -0.481 e. The number of nitrogens with zero attached hydrogens (tertiary/aromatic N) is 2. The highest BCUT2D eigenvalue weighted by Gasteiger charge is 2.34. The Hall–Kier alpha value is -2.90. The van der Waals surface area contributed by atoms with Crippen LogP contribution < -0.4 is 5.32 Å². The Morgan fingerprint density at radius 1 is 1.23 bits per heavy atom. The molecule has 3 rings (SSSR count). The Labute approximate surface area is 174 Å². The van der Waals surface area contributed by atoms with Crippen molar-refractivity contribution in [3.05, 3.63) is 35.8 Å². The number of carboxylic acids is 1. The highest BCUT2D eigenvalue weighted by Crippen LogP contribution is 2.22. The molecule has 1 aromatic heterocycles. The molecule has 2 heterocycles. The van der Waals surface area contributed by atoms with E-state index in [0.29, 0.717) is 43.4 Å². The van der Waals surface area contributed by atoms with Crippen LogP contribution in [0.25, 0.3) is 10.9 Å². The van der Waals surface area contributed by atoms with E-state index in [2.05, 4.69) is 5.32 Å². The van der Waals surface area contributed by atoms with Gasteiger partial charge in [-0.25, -0.2) is 4.39 Å². The van der Waals surface area contributed by atoms with E-state index in [4.69, 9.17) is 5.11 Å². The second kappa shape index (κ2) is 8.85. The highest BCUT2D eigenvalue weighted by atomic mass is 19.1. The number of halogens is 1. The average Bonchev–Trinajstić information content (AvgIpc) is 3.06. The molecule has 0 radical (unpaired) electrons. The van der Waals surface area contributed by atoms with Gasteiger partial charge in [0.15, 0.2) is 0 Å². The Balaban J connectivity index is 1.78. The smallest absolute Gasteiger partial charge is 0.306 e. The number of nitrogens with one attached hydrogen (secondary N) is 1. The van der Waals surface area contributed by atoms with E-state index in [0.717, 1.165) is 5.52 Å². The maximum absolute atomic E-state index is 13.5. The largest absolute Gasteiger partial charge is 0.481 e. The third-order valence-electron chi connectivity index (χ3n) is 6.16. The van der Waals surface area contributed by atoms with Gasteiger partial charge in [0.1, 0.15) is 17.6 Å². The van der Waals surface area contributed by atoms with Crippen LogP contribution in [0, 0.1) is 17.7 Å². The number of benzene rings is 1. The fraction of sp³-hybridized carbons (Fsp3) is 0.500. The summed E-state index contributed by atoms with van der Waals surface area (Å²) in [6.07, 6.45) is 1.52. The molecule has 8 heteroatoms. The summed E-state index contributed by atoms with van der Waals surface area (Å²) in [7, 11) is 1.73. The molecule has 2 unspecified atom stereocenters. The number of hydrogen-bond acceptors (Lipinski definition) is 3. The number of piperidine rings is 1. The molecule has 2 N–H and O–H groups in total. The number of fused-ring (bicyclic) bond motifs is 1. The molecule has 2 aromatic rings. The number of likely N-dealkylation sites (tertiary alicyclic amines) is 1. The van der Waals surface area contributed by atoms with Crippen LogP contribution in [0.2, 0.25) is 0 Å². The molecule has 1 fully saturated rings. The Morgan fingerprint density at radius 2 is 1.90 bits per heavy atom. The number of hydrogen-bond donors (Lipinski definition) is 2. The first-order valence-corrected chi connectivity index (χ1v) is 10.3. The second-order valence-electron chi connectivity index (χ2n) is 8.07. The zero-order valence-corrected chi connectivity index (χ0v) is 17.5. The van der Waals surface area contributed by atoms with E-state index >= 15 is 0 Å². The normalized spacial score (nSPS) is 17.0. The number of carboxylic acid groups (broad SMARTS) is 1. The standard InChI is InChI=1S/C22H28FN3O4/c1-4-13(2)19(21(28)26-9-7-14(8-10-26)22(29)30)24-20(27)18-12-15-11-16(23)5-6-17(15)25(18)3/h5-6,11-14,19H,4,7-10H2,1-3H3,(H,24,27)(H,29,30). The molecule has 2 amide bonds. The average molecular weight is 417 g/mol. The SMILES string of the molecule is CCC(C)C(NC(=O)c1cc2cc(F)ccc2n1C)C(=O)N1CCC(C(=O)O)CC1. The van der Waals surface area contributed by atoms with Gasteiger partial charge in [-0.2, -0.15) is 0 Å². The maximum atomic E-state index is 13.5. The van der Waals surface area contributed by atoms with Crippen molar-refractivity contribution in [3.63, 3.8) is 0 Å². The van der Waals surface area contributed by atoms with Gasteiger partial charge in [0, 0.05) is 31.0 Å². The molecule has 30 heavy (non-hydrogen) atoms. The molecule has 0 aliphatic carbocycles. The van der Waals surface area contributed by atoms with Crippen LogP contribution >= 0.6 is 0 Å². The number of carbonyl (C=O) groups is 3. The van der Waals surface area contributed by atoms with Crippen LogP contribution in [0.3, 0.4) is 0 Å². The van der Waals surface area contributed by atoms with Gasteiger partial charge in [0.2, 0.25) is 5.91 Å². The molecule has 1 aliphatic heterocycles. The van der Waals surface area contributed by atoms with E-state index in [1.807, 2.05) is 13.8 Å². The summed E-state index contributed by atoms with van der Waals surface area (Å²) >= 11 is 0. The predicted molar refractivity (Wildman–Crippen MR) is 111 cm³/mol. The highest BCUT2D eigenvalue weighted by molar-refractivity contribution is 6.00. The van der Waals surface area contributed by atoms with Crippen LogP contribution in [0.1, 0.15) is 43.6 Å². The van der Waals surface area contributed by atoms with E-state index in [-0.39, 0.29) is 17.6 Å². The monoisotopic (exact) mass is 417 g/mol. The number of aliphatic carboxylic acids is 1. The summed E-state index contributed by atoms with van der Waals surface area (Å²) in [5.41, 5.74) is 1.07. The molecule has 2 atom stereocenters. The van der Waals surface area contributed by atoms with E-state index in [1.165, 1.54) is 12.1 Å². The third-order valence-corrected chi connectivity index (χ3v) is 6.16. The van der Waals surface area contributed by atoms with Gasteiger partial charge in [-0.1, -0.05) is 20.3 Å². The van der Waals surface area contributed by atoms with Crippen LogP contribution in [-0.2, 0) is 16.6 Å². The minimum absolute atomic E-state index is 0.0919. The van der Waals surface area contributed by atoms with E-state index in [9.17, 15) is 18.8 Å². The zero-order valence-electron chi connectivity index (χ0n) is 17.5. The summed E-state index contributed by atoms with van der Waals surface area (Å²) in [4.78, 5) is 39.0. The molecule has 0 saturated carbocycles. The van der Waals surface area contributed by atoms with Crippen LogP contribution in [0.4, 0.5) is 4.39 Å². The van der Waals surface area contributed by atoms with Gasteiger partial charge in [0.25, 0.3) is 5.91 Å². The predicted octanol–water partition coefficient (Wildman–Crippen LogP) is 2.79. The Morgan fingerprint density at radius 3 is 2.50 bits per heavy atom. The number of carbonyl (C=O) groups excluding carboxylic acids is 2. The topological polar surface area (TPSA) is 91.6 Å². The fourth-order valence-electron chi connectivity index (χ4n) is 3.98. The lowest BCUT2D eigenvalue weighted by molar-refractivity contribution is -0.146. The summed E-state index contributed by atoms with van der Waals surface area (Å²) in [5, 5.41) is 12.6. The molecule has 1 aliphatic rings. The minimum atomic E-state index is -0.832. The first kappa shape index (κ1) is 21.8. The molecule has 0 bridgehead atoms. The van der Waals surface area contributed by atoms with E-state index in [1.54, 1.807) is 28.6 Å². The third kappa shape index (κ3) is 4.32. The van der Waals surface area contributed by atoms with Gasteiger partial charge in [-0.15, -0.1) is 0 Å². The molecule has 1 saturated heterocycles. The number of rotatable bonds is 6. The second-order valence-corrected chi connectivity index (χ2v) is 8.07. The lowest BCUT2D eigenvalue weighted by Crippen LogP contribution is -2.53. The fourth-order valence-corrected chi connectivity index (χ4v) is 3.98. The van der Waals surface area contributed by atoms with Crippen molar-refractivity contribution < 1.29 is 23.9 Å². The van der Waals surface area contributed by atoms with E-state index < -0.39 is 23.8 Å².